The van der Waals surface area contributed by atoms with E-state index in [0.717, 1.165) is 11.1 Å². The highest BCUT2D eigenvalue weighted by atomic mass is 35.5. The first-order valence-corrected chi connectivity index (χ1v) is 11.9. The van der Waals surface area contributed by atoms with Crippen LogP contribution in [0, 0.1) is 0 Å². The van der Waals surface area contributed by atoms with E-state index in [4.69, 9.17) is 11.6 Å². The predicted molar refractivity (Wildman–Crippen MR) is 119 cm³/mol. The highest BCUT2D eigenvalue weighted by Gasteiger charge is 2.49. The molecule has 0 radical (unpaired) electrons. The fourth-order valence-electron chi connectivity index (χ4n) is 4.09. The second-order valence-electron chi connectivity index (χ2n) is 7.59. The summed E-state index contributed by atoms with van der Waals surface area (Å²) in [6, 6.07) is 17.4. The van der Waals surface area contributed by atoms with Crippen LogP contribution in [0.5, 0.6) is 0 Å². The Bertz CT molecular complexity index is 899. The SMILES string of the molecule is CCN(CC)S(=O)(=O)N1C(c2ccc(Cl)cc2)C(c2ccccc2)CN1C(C)C. The third-order valence-corrected chi connectivity index (χ3v) is 7.89. The highest BCUT2D eigenvalue weighted by Crippen LogP contribution is 2.46. The molecule has 0 aromatic heterocycles. The van der Waals surface area contributed by atoms with Gasteiger partial charge in [-0.25, -0.2) is 5.01 Å². The summed E-state index contributed by atoms with van der Waals surface area (Å²) in [6.07, 6.45) is 0. The Hall–Kier alpha value is -1.44. The molecule has 2 aromatic carbocycles. The molecule has 5 nitrogen and oxygen atoms in total. The predicted octanol–water partition coefficient (Wildman–Crippen LogP) is 4.69. The molecule has 2 unspecified atom stereocenters. The van der Waals surface area contributed by atoms with Gasteiger partial charge in [0.1, 0.15) is 0 Å². The highest BCUT2D eigenvalue weighted by molar-refractivity contribution is 7.86. The quantitative estimate of drug-likeness (QED) is 0.633. The van der Waals surface area contributed by atoms with Gasteiger partial charge in [-0.2, -0.15) is 12.7 Å². The van der Waals surface area contributed by atoms with E-state index in [1.165, 1.54) is 4.31 Å². The Balaban J connectivity index is 2.18. The van der Waals surface area contributed by atoms with Crippen LogP contribution in [0.2, 0.25) is 5.02 Å². The molecular formula is C22H30ClN3O2S. The minimum Gasteiger partial charge on any atom is -0.223 e. The number of hydrogen-bond acceptors (Lipinski definition) is 3. The summed E-state index contributed by atoms with van der Waals surface area (Å²) < 4.78 is 30.6. The van der Waals surface area contributed by atoms with Crippen LogP contribution in [0.4, 0.5) is 0 Å². The van der Waals surface area contributed by atoms with Crippen LogP contribution in [0.25, 0.3) is 0 Å². The molecule has 7 heteroatoms. The maximum Gasteiger partial charge on any atom is 0.295 e. The summed E-state index contributed by atoms with van der Waals surface area (Å²) in [6.45, 7) is 9.34. The first kappa shape index (κ1) is 22.2. The van der Waals surface area contributed by atoms with Gasteiger partial charge < -0.3 is 0 Å². The van der Waals surface area contributed by atoms with Crippen molar-refractivity contribution in [1.82, 2.24) is 13.7 Å². The van der Waals surface area contributed by atoms with Gasteiger partial charge >= 0.3 is 0 Å². The van der Waals surface area contributed by atoms with E-state index < -0.39 is 10.2 Å². The molecule has 0 aliphatic carbocycles. The van der Waals surface area contributed by atoms with Gasteiger partial charge in [0.2, 0.25) is 0 Å². The van der Waals surface area contributed by atoms with Crippen LogP contribution in [0.1, 0.15) is 50.8 Å². The van der Waals surface area contributed by atoms with Gasteiger partial charge in [-0.3, -0.25) is 0 Å². The molecule has 0 N–H and O–H groups in total. The summed E-state index contributed by atoms with van der Waals surface area (Å²) in [7, 11) is -3.68. The molecule has 0 amide bonds. The Morgan fingerprint density at radius 3 is 2.10 bits per heavy atom. The normalized spacial score (nSPS) is 21.3. The van der Waals surface area contributed by atoms with Crippen molar-refractivity contribution in [3.05, 3.63) is 70.7 Å². The summed E-state index contributed by atoms with van der Waals surface area (Å²) in [5.41, 5.74) is 2.08. The zero-order chi connectivity index (χ0) is 21.2. The van der Waals surface area contributed by atoms with E-state index in [-0.39, 0.29) is 18.0 Å². The molecule has 1 heterocycles. The summed E-state index contributed by atoms with van der Waals surface area (Å²) in [4.78, 5) is 0. The second kappa shape index (κ2) is 9.14. The van der Waals surface area contributed by atoms with E-state index in [1.807, 2.05) is 75.2 Å². The Labute approximate surface area is 180 Å². The van der Waals surface area contributed by atoms with Gasteiger partial charge in [0, 0.05) is 36.6 Å². The summed E-state index contributed by atoms with van der Waals surface area (Å²) >= 11 is 6.12. The van der Waals surface area contributed by atoms with Crippen molar-refractivity contribution in [3.8, 4) is 0 Å². The molecule has 1 fully saturated rings. The molecule has 2 atom stereocenters. The van der Waals surface area contributed by atoms with Crippen LogP contribution in [-0.2, 0) is 10.2 Å². The molecular weight excluding hydrogens is 406 g/mol. The zero-order valence-corrected chi connectivity index (χ0v) is 19.1. The monoisotopic (exact) mass is 435 g/mol. The molecule has 1 saturated heterocycles. The van der Waals surface area contributed by atoms with Crippen LogP contribution < -0.4 is 0 Å². The minimum atomic E-state index is -3.68. The average molecular weight is 436 g/mol. The second-order valence-corrected chi connectivity index (χ2v) is 9.82. The van der Waals surface area contributed by atoms with E-state index in [2.05, 4.69) is 12.1 Å². The Morgan fingerprint density at radius 2 is 1.59 bits per heavy atom. The minimum absolute atomic E-state index is 0.0186. The molecule has 0 spiro atoms. The zero-order valence-electron chi connectivity index (χ0n) is 17.5. The van der Waals surface area contributed by atoms with Crippen molar-refractivity contribution in [2.75, 3.05) is 19.6 Å². The number of halogens is 1. The molecule has 1 aliphatic rings. The number of benzene rings is 2. The first-order chi connectivity index (χ1) is 13.8. The van der Waals surface area contributed by atoms with Crippen molar-refractivity contribution in [2.24, 2.45) is 0 Å². The van der Waals surface area contributed by atoms with E-state index in [9.17, 15) is 8.42 Å². The first-order valence-electron chi connectivity index (χ1n) is 10.2. The third-order valence-electron chi connectivity index (χ3n) is 5.56. The van der Waals surface area contributed by atoms with E-state index in [0.29, 0.717) is 24.7 Å². The van der Waals surface area contributed by atoms with Crippen LogP contribution in [-0.4, -0.2) is 47.8 Å². The lowest BCUT2D eigenvalue weighted by Crippen LogP contribution is -2.51. The van der Waals surface area contributed by atoms with Gasteiger partial charge in [0.25, 0.3) is 10.2 Å². The molecule has 29 heavy (non-hydrogen) atoms. The molecule has 1 aliphatic heterocycles. The summed E-state index contributed by atoms with van der Waals surface area (Å²) in [5, 5.41) is 2.63. The maximum absolute atomic E-state index is 13.7. The van der Waals surface area contributed by atoms with Crippen LogP contribution in [0.15, 0.2) is 54.6 Å². The summed E-state index contributed by atoms with van der Waals surface area (Å²) in [5.74, 6) is 0.0186. The van der Waals surface area contributed by atoms with Crippen LogP contribution in [0.3, 0.4) is 0 Å². The van der Waals surface area contributed by atoms with Gasteiger partial charge in [-0.1, -0.05) is 67.9 Å². The van der Waals surface area contributed by atoms with E-state index >= 15 is 0 Å². The van der Waals surface area contributed by atoms with E-state index in [1.54, 1.807) is 4.41 Å². The Kier molecular flexibility index (Phi) is 7.02. The Morgan fingerprint density at radius 1 is 1.00 bits per heavy atom. The fraction of sp³-hybridized carbons (Fsp3) is 0.455. The third kappa shape index (κ3) is 4.37. The van der Waals surface area contributed by atoms with Crippen molar-refractivity contribution >= 4 is 21.8 Å². The lowest BCUT2D eigenvalue weighted by atomic mass is 9.88. The number of rotatable bonds is 7. The molecule has 158 valence electrons. The van der Waals surface area contributed by atoms with Crippen molar-refractivity contribution < 1.29 is 8.42 Å². The van der Waals surface area contributed by atoms with Crippen molar-refractivity contribution in [2.45, 2.75) is 45.7 Å². The maximum atomic E-state index is 13.7. The van der Waals surface area contributed by atoms with Gasteiger partial charge in [-0.05, 0) is 37.1 Å². The average Bonchev–Trinajstić information content (AvgIpc) is 3.12. The van der Waals surface area contributed by atoms with Crippen LogP contribution >= 0.6 is 11.6 Å². The lowest BCUT2D eigenvalue weighted by molar-refractivity contribution is 0.0497. The standard InChI is InChI=1S/C22H30ClN3O2S/c1-5-24(6-2)29(27,28)26-22(19-12-14-20(23)15-13-19)21(16-25(26)17(3)4)18-10-8-7-9-11-18/h7-15,17,21-22H,5-6,16H2,1-4H3. The molecule has 2 aromatic rings. The van der Waals surface area contributed by atoms with Crippen molar-refractivity contribution in [3.63, 3.8) is 0 Å². The smallest absolute Gasteiger partial charge is 0.223 e. The number of nitrogens with zero attached hydrogens (tertiary/aromatic N) is 3. The van der Waals surface area contributed by atoms with Gasteiger partial charge in [0.15, 0.2) is 0 Å². The van der Waals surface area contributed by atoms with Gasteiger partial charge in [-0.15, -0.1) is 4.41 Å². The molecule has 3 rings (SSSR count). The van der Waals surface area contributed by atoms with Gasteiger partial charge in [0.05, 0.1) is 6.04 Å². The number of hydrazine groups is 1. The lowest BCUT2D eigenvalue weighted by Gasteiger charge is -2.37. The largest absolute Gasteiger partial charge is 0.295 e. The van der Waals surface area contributed by atoms with Crippen molar-refractivity contribution in [1.29, 1.82) is 0 Å². The molecule has 0 saturated carbocycles. The number of hydrogen-bond donors (Lipinski definition) is 0. The molecule has 0 bridgehead atoms. The topological polar surface area (TPSA) is 43.9 Å². The fourth-order valence-corrected chi connectivity index (χ4v) is 6.18.